The van der Waals surface area contributed by atoms with Crippen LogP contribution >= 0.6 is 11.3 Å². The van der Waals surface area contributed by atoms with Crippen LogP contribution in [-0.2, 0) is 10.2 Å². The highest BCUT2D eigenvalue weighted by atomic mass is 32.1. The average molecular weight is 396 g/mol. The van der Waals surface area contributed by atoms with E-state index in [9.17, 15) is 9.59 Å². The molecule has 1 heterocycles. The van der Waals surface area contributed by atoms with E-state index in [2.05, 4.69) is 36.4 Å². The van der Waals surface area contributed by atoms with Crippen LogP contribution in [0.5, 0.6) is 0 Å². The van der Waals surface area contributed by atoms with Crippen molar-refractivity contribution in [2.45, 2.75) is 39.5 Å². The third-order valence-corrected chi connectivity index (χ3v) is 5.37. The fourth-order valence-corrected chi connectivity index (χ4v) is 3.76. The Morgan fingerprint density at radius 3 is 2.46 bits per heavy atom. The fraction of sp³-hybridized carbons (Fsp3) is 0.318. The van der Waals surface area contributed by atoms with E-state index < -0.39 is 0 Å². The van der Waals surface area contributed by atoms with Crippen LogP contribution in [0.25, 0.3) is 10.2 Å². The molecule has 0 atom stereocenters. The molecule has 0 aliphatic heterocycles. The number of benzene rings is 2. The van der Waals surface area contributed by atoms with Gasteiger partial charge in [-0.15, -0.1) is 0 Å². The summed E-state index contributed by atoms with van der Waals surface area (Å²) in [6.45, 7) is 8.69. The lowest BCUT2D eigenvalue weighted by atomic mass is 9.87. The first-order chi connectivity index (χ1) is 13.2. The maximum Gasteiger partial charge on any atom is 0.251 e. The van der Waals surface area contributed by atoms with E-state index in [4.69, 9.17) is 0 Å². The Balaban J connectivity index is 1.49. The highest BCUT2D eigenvalue weighted by Gasteiger charge is 2.14. The summed E-state index contributed by atoms with van der Waals surface area (Å²) in [4.78, 5) is 28.8. The van der Waals surface area contributed by atoms with Crippen LogP contribution in [0.2, 0.25) is 0 Å². The van der Waals surface area contributed by atoms with E-state index in [0.29, 0.717) is 10.7 Å². The van der Waals surface area contributed by atoms with Gasteiger partial charge in [0.15, 0.2) is 5.13 Å². The molecule has 0 radical (unpaired) electrons. The fourth-order valence-electron chi connectivity index (χ4n) is 2.78. The van der Waals surface area contributed by atoms with Gasteiger partial charge in [-0.1, -0.05) is 50.3 Å². The highest BCUT2D eigenvalue weighted by molar-refractivity contribution is 7.22. The van der Waals surface area contributed by atoms with Crippen LogP contribution in [-0.4, -0.2) is 23.3 Å². The summed E-state index contributed by atoms with van der Waals surface area (Å²) in [5.74, 6) is -0.345. The molecule has 6 heteroatoms. The summed E-state index contributed by atoms with van der Waals surface area (Å²) in [6, 6.07) is 13.6. The number of aromatic nitrogens is 1. The van der Waals surface area contributed by atoms with Gasteiger partial charge in [-0.2, -0.15) is 0 Å². The Bertz CT molecular complexity index is 1000. The molecule has 3 aromatic rings. The quantitative estimate of drug-likeness (QED) is 0.660. The molecule has 0 saturated carbocycles. The Labute approximate surface area is 169 Å². The van der Waals surface area contributed by atoms with Gasteiger partial charge in [0.05, 0.1) is 10.2 Å². The minimum absolute atomic E-state index is 0.0480. The second-order valence-corrected chi connectivity index (χ2v) is 8.90. The average Bonchev–Trinajstić information content (AvgIpc) is 3.02. The molecule has 2 aromatic carbocycles. The highest BCUT2D eigenvalue weighted by Crippen LogP contribution is 2.26. The number of nitrogens with zero attached hydrogens (tertiary/aromatic N) is 1. The van der Waals surface area contributed by atoms with Crippen molar-refractivity contribution in [3.63, 3.8) is 0 Å². The van der Waals surface area contributed by atoms with Crippen LogP contribution in [0, 0.1) is 6.92 Å². The molecule has 3 rings (SSSR count). The summed E-state index contributed by atoms with van der Waals surface area (Å²) in [5.41, 5.74) is 3.85. The van der Waals surface area contributed by atoms with Crippen molar-refractivity contribution in [1.82, 2.24) is 10.3 Å². The number of anilines is 1. The lowest BCUT2D eigenvalue weighted by molar-refractivity contribution is -0.116. The third kappa shape index (κ3) is 4.95. The number of carbonyl (C=O) groups excluding carboxylic acids is 2. The minimum atomic E-state index is -0.177. The number of nitrogens with one attached hydrogen (secondary N) is 2. The Morgan fingerprint density at radius 2 is 1.79 bits per heavy atom. The number of aryl methyl sites for hydroxylation is 1. The molecule has 0 saturated heterocycles. The molecule has 146 valence electrons. The molecule has 5 nitrogen and oxygen atoms in total. The first-order valence-electron chi connectivity index (χ1n) is 9.28. The molecule has 0 spiro atoms. The predicted octanol–water partition coefficient (Wildman–Crippen LogP) is 4.66. The summed E-state index contributed by atoms with van der Waals surface area (Å²) in [6.07, 6.45) is 0.195. The zero-order valence-electron chi connectivity index (χ0n) is 16.6. The molecule has 0 unspecified atom stereocenters. The topological polar surface area (TPSA) is 71.1 Å². The summed E-state index contributed by atoms with van der Waals surface area (Å²) in [5, 5.41) is 6.18. The summed E-state index contributed by atoms with van der Waals surface area (Å²) in [7, 11) is 0. The van der Waals surface area contributed by atoms with Crippen LogP contribution in [0.1, 0.15) is 48.7 Å². The van der Waals surface area contributed by atoms with Gasteiger partial charge in [-0.3, -0.25) is 9.59 Å². The van der Waals surface area contributed by atoms with Gasteiger partial charge in [0, 0.05) is 18.5 Å². The van der Waals surface area contributed by atoms with Gasteiger partial charge >= 0.3 is 0 Å². The van der Waals surface area contributed by atoms with E-state index in [1.165, 1.54) is 16.9 Å². The second-order valence-electron chi connectivity index (χ2n) is 7.87. The van der Waals surface area contributed by atoms with Crippen LogP contribution in [0.3, 0.4) is 0 Å². The molecule has 0 aliphatic carbocycles. The number of hydrogen-bond acceptors (Lipinski definition) is 4. The van der Waals surface area contributed by atoms with Gasteiger partial charge in [0.2, 0.25) is 5.91 Å². The first-order valence-corrected chi connectivity index (χ1v) is 10.1. The van der Waals surface area contributed by atoms with Gasteiger partial charge in [-0.05, 0) is 47.7 Å². The van der Waals surface area contributed by atoms with E-state index in [0.717, 1.165) is 15.8 Å². The lowest BCUT2D eigenvalue weighted by Gasteiger charge is -2.19. The van der Waals surface area contributed by atoms with Crippen molar-refractivity contribution in [1.29, 1.82) is 0 Å². The molecule has 0 bridgehead atoms. The molecule has 0 aliphatic rings. The third-order valence-electron chi connectivity index (χ3n) is 4.44. The van der Waals surface area contributed by atoms with Crippen molar-refractivity contribution >= 4 is 38.5 Å². The number of hydrogen-bond donors (Lipinski definition) is 2. The molecular weight excluding hydrogens is 370 g/mol. The predicted molar refractivity (Wildman–Crippen MR) is 115 cm³/mol. The molecule has 0 fully saturated rings. The van der Waals surface area contributed by atoms with Crippen LogP contribution < -0.4 is 10.6 Å². The van der Waals surface area contributed by atoms with Crippen molar-refractivity contribution in [2.24, 2.45) is 0 Å². The Morgan fingerprint density at radius 1 is 1.07 bits per heavy atom. The summed E-state index contributed by atoms with van der Waals surface area (Å²) < 4.78 is 1.04. The van der Waals surface area contributed by atoms with Crippen molar-refractivity contribution in [3.8, 4) is 0 Å². The Kier molecular flexibility index (Phi) is 5.79. The Hall–Kier alpha value is -2.73. The van der Waals surface area contributed by atoms with E-state index >= 15 is 0 Å². The zero-order chi connectivity index (χ0) is 20.3. The van der Waals surface area contributed by atoms with Crippen molar-refractivity contribution < 1.29 is 9.59 Å². The number of rotatable bonds is 5. The maximum absolute atomic E-state index is 12.2. The van der Waals surface area contributed by atoms with Gasteiger partial charge < -0.3 is 10.6 Å². The lowest BCUT2D eigenvalue weighted by Crippen LogP contribution is -2.27. The van der Waals surface area contributed by atoms with Crippen LogP contribution in [0.15, 0.2) is 42.5 Å². The number of thiazole rings is 1. The van der Waals surface area contributed by atoms with E-state index in [1.807, 2.05) is 49.4 Å². The number of amides is 2. The summed E-state index contributed by atoms with van der Waals surface area (Å²) >= 11 is 1.45. The standard InChI is InChI=1S/C22H25N3O2S/c1-14-5-10-17-18(13-14)28-21(24-17)25-19(26)11-12-23-20(27)15-6-8-16(9-7-15)22(2,3)4/h5-10,13H,11-12H2,1-4H3,(H,23,27)(H,24,25,26). The second kappa shape index (κ2) is 8.10. The molecule has 2 N–H and O–H groups in total. The monoisotopic (exact) mass is 395 g/mol. The molecule has 2 amide bonds. The normalized spacial score (nSPS) is 11.4. The molecule has 1 aromatic heterocycles. The van der Waals surface area contributed by atoms with Crippen molar-refractivity contribution in [2.75, 3.05) is 11.9 Å². The zero-order valence-corrected chi connectivity index (χ0v) is 17.4. The largest absolute Gasteiger partial charge is 0.352 e. The maximum atomic E-state index is 12.2. The van der Waals surface area contributed by atoms with E-state index in [1.54, 1.807) is 0 Å². The SMILES string of the molecule is Cc1ccc2nc(NC(=O)CCNC(=O)c3ccc(C(C)(C)C)cc3)sc2c1. The number of carbonyl (C=O) groups is 2. The first kappa shape index (κ1) is 20.0. The smallest absolute Gasteiger partial charge is 0.251 e. The number of fused-ring (bicyclic) bond motifs is 1. The molecular formula is C22H25N3O2S. The van der Waals surface area contributed by atoms with Crippen molar-refractivity contribution in [3.05, 3.63) is 59.2 Å². The van der Waals surface area contributed by atoms with E-state index in [-0.39, 0.29) is 30.2 Å². The minimum Gasteiger partial charge on any atom is -0.352 e. The van der Waals surface area contributed by atoms with Gasteiger partial charge in [0.1, 0.15) is 0 Å². The van der Waals surface area contributed by atoms with Gasteiger partial charge in [-0.25, -0.2) is 4.98 Å². The van der Waals surface area contributed by atoms with Gasteiger partial charge in [0.25, 0.3) is 5.91 Å². The molecule has 28 heavy (non-hydrogen) atoms. The van der Waals surface area contributed by atoms with Crippen LogP contribution in [0.4, 0.5) is 5.13 Å².